The van der Waals surface area contributed by atoms with Gasteiger partial charge >= 0.3 is 0 Å². The number of aromatic nitrogens is 3. The molecule has 11 heteroatoms. The molecule has 2 atom stereocenters. The van der Waals surface area contributed by atoms with Crippen LogP contribution in [0.2, 0.25) is 0 Å². The van der Waals surface area contributed by atoms with Crippen LogP contribution in [0, 0.1) is 0 Å². The fourth-order valence-corrected chi connectivity index (χ4v) is 5.36. The predicted octanol–water partition coefficient (Wildman–Crippen LogP) is 3.09. The standard InChI is InChI=1S/C21H19N5O4S2/c1-32(27,28)14-2-5-17(23-9-14)29-16-4-3-15(20-22-6-7-31-20)19-18(16)25-21(30-19)26-10-12-8-13(11-26)24-12/h2-7,9,12-13,24H,8,10-11H2,1H3. The fourth-order valence-electron chi connectivity index (χ4n) is 4.14. The Morgan fingerprint density at radius 3 is 2.66 bits per heavy atom. The molecule has 7 rings (SSSR count). The van der Waals surface area contributed by atoms with Crippen molar-refractivity contribution in [2.24, 2.45) is 0 Å². The first-order valence-electron chi connectivity index (χ1n) is 10.1. The zero-order valence-electron chi connectivity index (χ0n) is 17.1. The second-order valence-electron chi connectivity index (χ2n) is 8.03. The van der Waals surface area contributed by atoms with Crippen molar-refractivity contribution >= 4 is 38.3 Å². The molecule has 3 aliphatic rings. The van der Waals surface area contributed by atoms with Gasteiger partial charge in [0.05, 0.1) is 10.5 Å². The van der Waals surface area contributed by atoms with Gasteiger partial charge in [-0.15, -0.1) is 11.3 Å². The lowest BCUT2D eigenvalue weighted by atomic mass is 9.92. The first-order chi connectivity index (χ1) is 15.4. The maximum atomic E-state index is 11.7. The maximum Gasteiger partial charge on any atom is 0.298 e. The van der Waals surface area contributed by atoms with E-state index in [0.29, 0.717) is 34.9 Å². The quantitative estimate of drug-likeness (QED) is 0.471. The Bertz CT molecular complexity index is 1380. The van der Waals surface area contributed by atoms with Crippen LogP contribution in [0.25, 0.3) is 21.7 Å². The number of fused-ring (bicyclic) bond motifs is 3. The van der Waals surface area contributed by atoms with Crippen molar-refractivity contribution in [1.82, 2.24) is 20.3 Å². The van der Waals surface area contributed by atoms with Gasteiger partial charge in [0, 0.05) is 55.3 Å². The first kappa shape index (κ1) is 19.6. The molecule has 164 valence electrons. The number of piperazine rings is 1. The lowest BCUT2D eigenvalue weighted by Crippen LogP contribution is -2.67. The number of pyridine rings is 1. The maximum absolute atomic E-state index is 11.7. The molecule has 3 aliphatic heterocycles. The van der Waals surface area contributed by atoms with Gasteiger partial charge < -0.3 is 19.4 Å². The second-order valence-corrected chi connectivity index (χ2v) is 10.9. The van der Waals surface area contributed by atoms with Gasteiger partial charge in [-0.2, -0.15) is 4.98 Å². The molecular weight excluding hydrogens is 450 g/mol. The van der Waals surface area contributed by atoms with E-state index in [9.17, 15) is 8.42 Å². The van der Waals surface area contributed by atoms with Crippen molar-refractivity contribution in [1.29, 1.82) is 0 Å². The van der Waals surface area contributed by atoms with Gasteiger partial charge in [-0.1, -0.05) is 0 Å². The topological polar surface area (TPSA) is 110 Å². The number of hydrogen-bond acceptors (Lipinski definition) is 10. The van der Waals surface area contributed by atoms with Crippen LogP contribution in [0.4, 0.5) is 6.01 Å². The number of piperidine rings is 1. The molecule has 3 saturated heterocycles. The third-order valence-electron chi connectivity index (χ3n) is 5.70. The van der Waals surface area contributed by atoms with Crippen LogP contribution in [0.3, 0.4) is 0 Å². The van der Waals surface area contributed by atoms with E-state index in [0.717, 1.165) is 29.9 Å². The second kappa shape index (κ2) is 7.26. The lowest BCUT2D eigenvalue weighted by Gasteiger charge is -2.47. The molecule has 2 bridgehead atoms. The average Bonchev–Trinajstić information content (AvgIpc) is 3.44. The third kappa shape index (κ3) is 3.42. The molecule has 9 nitrogen and oxygen atoms in total. The molecule has 6 heterocycles. The number of rotatable bonds is 5. The number of sulfone groups is 1. The molecule has 0 spiro atoms. The zero-order chi connectivity index (χ0) is 21.9. The van der Waals surface area contributed by atoms with E-state index in [1.54, 1.807) is 6.20 Å². The third-order valence-corrected chi connectivity index (χ3v) is 7.61. The number of hydrogen-bond donors (Lipinski definition) is 1. The summed E-state index contributed by atoms with van der Waals surface area (Å²) in [6.07, 6.45) is 5.37. The van der Waals surface area contributed by atoms with Crippen LogP contribution in [0.1, 0.15) is 6.42 Å². The number of thiazole rings is 1. The summed E-state index contributed by atoms with van der Waals surface area (Å²) in [5.74, 6) is 0.754. The van der Waals surface area contributed by atoms with Crippen molar-refractivity contribution in [2.75, 3.05) is 24.2 Å². The minimum Gasteiger partial charge on any atom is -0.437 e. The molecule has 2 unspecified atom stereocenters. The van der Waals surface area contributed by atoms with E-state index in [4.69, 9.17) is 14.1 Å². The highest BCUT2D eigenvalue weighted by Gasteiger charge is 2.38. The highest BCUT2D eigenvalue weighted by atomic mass is 32.2. The molecule has 32 heavy (non-hydrogen) atoms. The van der Waals surface area contributed by atoms with Crippen LogP contribution in [-0.2, 0) is 9.84 Å². The van der Waals surface area contributed by atoms with Gasteiger partial charge in [-0.3, -0.25) is 0 Å². The van der Waals surface area contributed by atoms with Crippen molar-refractivity contribution in [3.8, 4) is 22.2 Å². The van der Waals surface area contributed by atoms with E-state index < -0.39 is 9.84 Å². The normalized spacial score (nSPS) is 20.3. The highest BCUT2D eigenvalue weighted by molar-refractivity contribution is 7.90. The van der Waals surface area contributed by atoms with Crippen molar-refractivity contribution < 1.29 is 17.6 Å². The van der Waals surface area contributed by atoms with Crippen molar-refractivity contribution in [3.63, 3.8) is 0 Å². The minimum atomic E-state index is -3.33. The Kier molecular flexibility index (Phi) is 4.46. The van der Waals surface area contributed by atoms with Crippen molar-refractivity contribution in [3.05, 3.63) is 42.0 Å². The van der Waals surface area contributed by atoms with Gasteiger partial charge in [0.25, 0.3) is 6.01 Å². The van der Waals surface area contributed by atoms with Gasteiger partial charge in [0.2, 0.25) is 5.88 Å². The Morgan fingerprint density at radius 1 is 1.19 bits per heavy atom. The first-order valence-corrected chi connectivity index (χ1v) is 12.9. The number of anilines is 1. The lowest BCUT2D eigenvalue weighted by molar-refractivity contribution is 0.220. The highest BCUT2D eigenvalue weighted by Crippen LogP contribution is 2.39. The zero-order valence-corrected chi connectivity index (χ0v) is 18.7. The predicted molar refractivity (Wildman–Crippen MR) is 120 cm³/mol. The molecule has 0 aliphatic carbocycles. The van der Waals surface area contributed by atoms with Crippen LogP contribution >= 0.6 is 11.3 Å². The molecule has 4 aromatic rings. The molecule has 0 saturated carbocycles. The summed E-state index contributed by atoms with van der Waals surface area (Å²) in [7, 11) is -3.33. The number of oxazole rings is 1. The van der Waals surface area contributed by atoms with E-state index in [2.05, 4.69) is 20.2 Å². The number of nitrogens with one attached hydrogen (secondary N) is 1. The van der Waals surface area contributed by atoms with Gasteiger partial charge in [-0.25, -0.2) is 18.4 Å². The number of benzene rings is 1. The van der Waals surface area contributed by atoms with Crippen LogP contribution < -0.4 is 15.0 Å². The Labute approximate surface area is 188 Å². The van der Waals surface area contributed by atoms with Gasteiger partial charge in [0.15, 0.2) is 26.7 Å². The molecule has 3 fully saturated rings. The molecule has 1 aromatic carbocycles. The van der Waals surface area contributed by atoms with Crippen LogP contribution in [-0.4, -0.2) is 54.8 Å². The van der Waals surface area contributed by atoms with E-state index in [-0.39, 0.29) is 10.8 Å². The summed E-state index contributed by atoms with van der Waals surface area (Å²) in [6.45, 7) is 1.70. The summed E-state index contributed by atoms with van der Waals surface area (Å²) < 4.78 is 35.6. The fraction of sp³-hybridized carbons (Fsp3) is 0.286. The number of ether oxygens (including phenoxy) is 1. The SMILES string of the molecule is CS(=O)(=O)c1ccc(Oc2ccc(-c3nccs3)c3oc(N4CC5CC(C4)N5)nc23)nc1. The molecular formula is C21H19N5O4S2. The van der Waals surface area contributed by atoms with Crippen LogP contribution in [0.15, 0.2) is 51.4 Å². The van der Waals surface area contributed by atoms with Gasteiger partial charge in [0.1, 0.15) is 5.01 Å². The summed E-state index contributed by atoms with van der Waals surface area (Å²) in [6, 6.07) is 8.21. The van der Waals surface area contributed by atoms with Crippen LogP contribution in [0.5, 0.6) is 11.6 Å². The summed E-state index contributed by atoms with van der Waals surface area (Å²) in [5, 5.41) is 6.26. The Morgan fingerprint density at radius 2 is 2.00 bits per heavy atom. The smallest absolute Gasteiger partial charge is 0.298 e. The summed E-state index contributed by atoms with van der Waals surface area (Å²) in [4.78, 5) is 15.6. The van der Waals surface area contributed by atoms with E-state index >= 15 is 0 Å². The van der Waals surface area contributed by atoms with E-state index in [1.807, 2.05) is 17.5 Å². The summed E-state index contributed by atoms with van der Waals surface area (Å²) >= 11 is 1.52. The molecule has 3 aromatic heterocycles. The number of nitrogens with zero attached hydrogens (tertiary/aromatic N) is 4. The largest absolute Gasteiger partial charge is 0.437 e. The van der Waals surface area contributed by atoms with Gasteiger partial charge in [-0.05, 0) is 24.6 Å². The van der Waals surface area contributed by atoms with E-state index in [1.165, 1.54) is 36.1 Å². The Balaban J connectivity index is 1.40. The molecule has 1 N–H and O–H groups in total. The Hall–Kier alpha value is -3.02. The summed E-state index contributed by atoms with van der Waals surface area (Å²) in [5.41, 5.74) is 2.03. The minimum absolute atomic E-state index is 0.134. The average molecular weight is 470 g/mol. The molecule has 0 amide bonds. The van der Waals surface area contributed by atoms with Crippen molar-refractivity contribution in [2.45, 2.75) is 23.4 Å². The monoisotopic (exact) mass is 469 g/mol. The molecule has 0 radical (unpaired) electrons.